The number of hydrogen-bond acceptors (Lipinski definition) is 6. The van der Waals surface area contributed by atoms with Crippen LogP contribution in [0.3, 0.4) is 0 Å². The monoisotopic (exact) mass is 394 g/mol. The fourth-order valence-corrected chi connectivity index (χ4v) is 3.04. The van der Waals surface area contributed by atoms with Crippen molar-refractivity contribution in [3.05, 3.63) is 83.9 Å². The molecule has 0 radical (unpaired) electrons. The lowest BCUT2D eigenvalue weighted by Crippen LogP contribution is -2.01. The van der Waals surface area contributed by atoms with Gasteiger partial charge in [-0.05, 0) is 50.2 Å². The number of fused-ring (bicyclic) bond motifs is 1. The zero-order chi connectivity index (χ0) is 20.5. The Hall–Kier alpha value is -4.20. The minimum Gasteiger partial charge on any atom is -0.194 e. The SMILES string of the molecule is Cc1ccc(N=Nc2nc(-n3nnc4ccccc43)nn2-c2ccc(C)cc2)cc1. The topological polar surface area (TPSA) is 86.1 Å². The average Bonchev–Trinajstić information content (AvgIpc) is 3.38. The zero-order valence-corrected chi connectivity index (χ0v) is 16.5. The van der Waals surface area contributed by atoms with E-state index in [0.29, 0.717) is 11.9 Å². The normalized spacial score (nSPS) is 11.5. The van der Waals surface area contributed by atoms with Crippen LogP contribution in [0.5, 0.6) is 0 Å². The first kappa shape index (κ1) is 17.9. The first-order valence-corrected chi connectivity index (χ1v) is 9.51. The highest BCUT2D eigenvalue weighted by Crippen LogP contribution is 2.23. The Morgan fingerprint density at radius 3 is 2.20 bits per heavy atom. The molecule has 8 nitrogen and oxygen atoms in total. The molecule has 5 rings (SSSR count). The van der Waals surface area contributed by atoms with E-state index in [9.17, 15) is 0 Å². The van der Waals surface area contributed by atoms with Gasteiger partial charge in [0, 0.05) is 0 Å². The van der Waals surface area contributed by atoms with Gasteiger partial charge in [-0.2, -0.15) is 14.3 Å². The second-order valence-electron chi connectivity index (χ2n) is 6.98. The van der Waals surface area contributed by atoms with Crippen molar-refractivity contribution in [2.75, 3.05) is 0 Å². The summed E-state index contributed by atoms with van der Waals surface area (Å²) in [5, 5.41) is 21.7. The molecule has 0 unspecified atom stereocenters. The molecule has 2 aromatic heterocycles. The van der Waals surface area contributed by atoms with E-state index < -0.39 is 0 Å². The van der Waals surface area contributed by atoms with E-state index >= 15 is 0 Å². The molecule has 0 saturated heterocycles. The molecule has 5 aromatic rings. The summed E-state index contributed by atoms with van der Waals surface area (Å²) >= 11 is 0. The molecule has 0 aliphatic rings. The number of benzene rings is 3. The highest BCUT2D eigenvalue weighted by atomic mass is 15.5. The van der Waals surface area contributed by atoms with Gasteiger partial charge in [-0.25, -0.2) is 0 Å². The van der Waals surface area contributed by atoms with Crippen LogP contribution in [0.2, 0.25) is 0 Å². The minimum atomic E-state index is 0.356. The van der Waals surface area contributed by atoms with Crippen LogP contribution in [0.25, 0.3) is 22.7 Å². The summed E-state index contributed by atoms with van der Waals surface area (Å²) in [6.45, 7) is 4.07. The van der Waals surface area contributed by atoms with Crippen molar-refractivity contribution in [3.8, 4) is 11.6 Å². The third-order valence-corrected chi connectivity index (χ3v) is 4.69. The Morgan fingerprint density at radius 1 is 0.733 bits per heavy atom. The van der Waals surface area contributed by atoms with Gasteiger partial charge in [-0.3, -0.25) is 0 Å². The molecule has 0 aliphatic heterocycles. The number of azo groups is 1. The number of para-hydroxylation sites is 1. The summed E-state index contributed by atoms with van der Waals surface area (Å²) in [7, 11) is 0. The summed E-state index contributed by atoms with van der Waals surface area (Å²) in [6.07, 6.45) is 0. The maximum absolute atomic E-state index is 4.64. The van der Waals surface area contributed by atoms with E-state index in [0.717, 1.165) is 33.5 Å². The summed E-state index contributed by atoms with van der Waals surface area (Å²) in [5.41, 5.74) is 5.49. The van der Waals surface area contributed by atoms with Crippen LogP contribution in [-0.2, 0) is 0 Å². The van der Waals surface area contributed by atoms with Crippen LogP contribution in [0, 0.1) is 13.8 Å². The van der Waals surface area contributed by atoms with Gasteiger partial charge in [0.15, 0.2) is 0 Å². The van der Waals surface area contributed by atoms with Gasteiger partial charge in [0.05, 0.1) is 16.9 Å². The van der Waals surface area contributed by atoms with Crippen LogP contribution in [0.15, 0.2) is 83.0 Å². The smallest absolute Gasteiger partial charge is 0.194 e. The fourth-order valence-electron chi connectivity index (χ4n) is 3.04. The largest absolute Gasteiger partial charge is 0.274 e. The molecule has 3 aromatic carbocycles. The van der Waals surface area contributed by atoms with Gasteiger partial charge >= 0.3 is 0 Å². The summed E-state index contributed by atoms with van der Waals surface area (Å²) in [5.74, 6) is 0.733. The third-order valence-electron chi connectivity index (χ3n) is 4.69. The van der Waals surface area contributed by atoms with Gasteiger partial charge in [0.25, 0.3) is 11.9 Å². The Balaban J connectivity index is 1.62. The van der Waals surface area contributed by atoms with E-state index in [1.54, 1.807) is 9.36 Å². The van der Waals surface area contributed by atoms with Gasteiger partial charge in [0.1, 0.15) is 5.52 Å². The molecule has 0 fully saturated rings. The second-order valence-corrected chi connectivity index (χ2v) is 6.98. The molecule has 0 amide bonds. The fraction of sp³-hybridized carbons (Fsp3) is 0.0909. The average molecular weight is 394 g/mol. The van der Waals surface area contributed by atoms with Gasteiger partial charge in [0.2, 0.25) is 0 Å². The van der Waals surface area contributed by atoms with Crippen molar-refractivity contribution in [3.63, 3.8) is 0 Å². The lowest BCUT2D eigenvalue weighted by molar-refractivity contribution is 0.760. The molecule has 8 heteroatoms. The van der Waals surface area contributed by atoms with E-state index in [2.05, 4.69) is 30.6 Å². The third kappa shape index (κ3) is 3.35. The van der Waals surface area contributed by atoms with Crippen LogP contribution < -0.4 is 0 Å². The number of aryl methyl sites for hydroxylation is 2. The molecular formula is C22H18N8. The number of nitrogens with zero attached hydrogens (tertiary/aromatic N) is 8. The molecule has 0 bridgehead atoms. The predicted molar refractivity (Wildman–Crippen MR) is 114 cm³/mol. The Labute approximate surface area is 172 Å². The van der Waals surface area contributed by atoms with Crippen molar-refractivity contribution < 1.29 is 0 Å². The van der Waals surface area contributed by atoms with Gasteiger partial charge in [-0.15, -0.1) is 20.4 Å². The van der Waals surface area contributed by atoms with Crippen molar-refractivity contribution >= 4 is 22.7 Å². The highest BCUT2D eigenvalue weighted by molar-refractivity contribution is 5.75. The minimum absolute atomic E-state index is 0.356. The van der Waals surface area contributed by atoms with Gasteiger partial charge in [-0.1, -0.05) is 52.7 Å². The Morgan fingerprint density at radius 2 is 1.43 bits per heavy atom. The van der Waals surface area contributed by atoms with Crippen LogP contribution in [0.4, 0.5) is 11.6 Å². The summed E-state index contributed by atoms with van der Waals surface area (Å²) < 4.78 is 3.26. The quantitative estimate of drug-likeness (QED) is 0.400. The van der Waals surface area contributed by atoms with E-state index in [1.165, 1.54) is 0 Å². The van der Waals surface area contributed by atoms with Crippen molar-refractivity contribution in [1.29, 1.82) is 0 Å². The Kier molecular flexibility index (Phi) is 4.36. The first-order chi connectivity index (χ1) is 14.7. The van der Waals surface area contributed by atoms with E-state index in [-0.39, 0.29) is 0 Å². The molecule has 146 valence electrons. The van der Waals surface area contributed by atoms with Crippen LogP contribution in [-0.4, -0.2) is 29.8 Å². The number of hydrogen-bond donors (Lipinski definition) is 0. The molecule has 0 atom stereocenters. The standard InChI is InChI=1S/C22H18N8/c1-15-7-11-17(12-8-15)24-26-21-23-22(27-29(21)18-13-9-16(2)10-14-18)30-20-6-4-3-5-19(20)25-28-30/h3-14H,1-2H3. The zero-order valence-electron chi connectivity index (χ0n) is 16.5. The maximum Gasteiger partial charge on any atom is 0.274 e. The molecule has 0 saturated carbocycles. The Bertz CT molecular complexity index is 1340. The highest BCUT2D eigenvalue weighted by Gasteiger charge is 2.16. The summed E-state index contributed by atoms with van der Waals surface area (Å²) in [6, 6.07) is 23.5. The molecule has 0 N–H and O–H groups in total. The molecule has 0 aliphatic carbocycles. The van der Waals surface area contributed by atoms with Gasteiger partial charge < -0.3 is 0 Å². The van der Waals surface area contributed by atoms with Crippen molar-refractivity contribution in [2.45, 2.75) is 13.8 Å². The predicted octanol–water partition coefficient (Wildman–Crippen LogP) is 5.03. The van der Waals surface area contributed by atoms with Crippen molar-refractivity contribution in [1.82, 2.24) is 29.8 Å². The van der Waals surface area contributed by atoms with E-state index in [1.807, 2.05) is 86.6 Å². The van der Waals surface area contributed by atoms with Crippen molar-refractivity contribution in [2.24, 2.45) is 10.2 Å². The lowest BCUT2D eigenvalue weighted by atomic mass is 10.2. The summed E-state index contributed by atoms with van der Waals surface area (Å²) in [4.78, 5) is 4.59. The first-order valence-electron chi connectivity index (χ1n) is 9.51. The molecular weight excluding hydrogens is 376 g/mol. The van der Waals surface area contributed by atoms with Crippen LogP contribution >= 0.6 is 0 Å². The maximum atomic E-state index is 4.64. The van der Waals surface area contributed by atoms with E-state index in [4.69, 9.17) is 0 Å². The molecule has 2 heterocycles. The number of rotatable bonds is 4. The number of aromatic nitrogens is 6. The molecule has 0 spiro atoms. The van der Waals surface area contributed by atoms with Crippen LogP contribution in [0.1, 0.15) is 11.1 Å². The molecule has 30 heavy (non-hydrogen) atoms. The second kappa shape index (κ2) is 7.32. The lowest BCUT2D eigenvalue weighted by Gasteiger charge is -2.02.